The van der Waals surface area contributed by atoms with Crippen LogP contribution >= 0.6 is 11.6 Å². The van der Waals surface area contributed by atoms with E-state index in [9.17, 15) is 4.39 Å². The van der Waals surface area contributed by atoms with E-state index in [1.165, 1.54) is 6.42 Å². The second-order valence-electron chi connectivity index (χ2n) is 5.32. The quantitative estimate of drug-likeness (QED) is 0.876. The summed E-state index contributed by atoms with van der Waals surface area (Å²) in [6.45, 7) is 0.764. The summed E-state index contributed by atoms with van der Waals surface area (Å²) in [4.78, 5) is 0. The number of anilines is 1. The van der Waals surface area contributed by atoms with Crippen LogP contribution in [0.2, 0.25) is 5.02 Å². The van der Waals surface area contributed by atoms with Crippen molar-refractivity contribution in [2.24, 2.45) is 0 Å². The highest BCUT2D eigenvalue weighted by atomic mass is 35.5. The van der Waals surface area contributed by atoms with Gasteiger partial charge in [0.1, 0.15) is 0 Å². The maximum absolute atomic E-state index is 13.8. The van der Waals surface area contributed by atoms with E-state index in [0.717, 1.165) is 32.3 Å². The molecular formula is C14H17ClFNO. The van der Waals surface area contributed by atoms with Crippen molar-refractivity contribution in [3.8, 4) is 0 Å². The Balaban J connectivity index is 1.70. The molecule has 1 N–H and O–H groups in total. The first-order chi connectivity index (χ1) is 8.69. The van der Waals surface area contributed by atoms with Gasteiger partial charge in [0.2, 0.25) is 0 Å². The summed E-state index contributed by atoms with van der Waals surface area (Å²) in [5, 5.41) is 3.45. The fourth-order valence-electron chi connectivity index (χ4n) is 2.91. The van der Waals surface area contributed by atoms with Crippen molar-refractivity contribution in [2.75, 3.05) is 11.9 Å². The number of nitrogens with one attached hydrogen (secondary N) is 1. The third-order valence-corrected chi connectivity index (χ3v) is 4.36. The molecule has 1 aliphatic heterocycles. The zero-order valence-electron chi connectivity index (χ0n) is 10.2. The number of hydrogen-bond acceptors (Lipinski definition) is 2. The van der Waals surface area contributed by atoms with E-state index in [1.807, 2.05) is 0 Å². The van der Waals surface area contributed by atoms with Crippen molar-refractivity contribution in [3.05, 3.63) is 29.0 Å². The van der Waals surface area contributed by atoms with E-state index in [0.29, 0.717) is 5.69 Å². The first-order valence-corrected chi connectivity index (χ1v) is 6.91. The highest BCUT2D eigenvalue weighted by molar-refractivity contribution is 6.31. The van der Waals surface area contributed by atoms with Gasteiger partial charge in [-0.05, 0) is 44.2 Å². The zero-order chi connectivity index (χ0) is 12.6. The number of rotatable bonds is 2. The standard InChI is InChI=1S/C14H17ClFNO/c15-11-3-1-4-12(13(11)16)17-10-5-8-18-14(9-10)6-2-7-14/h1,3-4,10,17H,2,5-9H2. The van der Waals surface area contributed by atoms with Crippen LogP contribution in [0, 0.1) is 5.82 Å². The van der Waals surface area contributed by atoms with Crippen molar-refractivity contribution in [1.82, 2.24) is 0 Å². The summed E-state index contributed by atoms with van der Waals surface area (Å²) >= 11 is 5.79. The fraction of sp³-hybridized carbons (Fsp3) is 0.571. The molecule has 1 heterocycles. The minimum atomic E-state index is -0.353. The lowest BCUT2D eigenvalue weighted by Crippen LogP contribution is -2.49. The molecule has 2 nitrogen and oxygen atoms in total. The topological polar surface area (TPSA) is 21.3 Å². The van der Waals surface area contributed by atoms with Crippen LogP contribution in [-0.4, -0.2) is 18.2 Å². The molecule has 18 heavy (non-hydrogen) atoms. The van der Waals surface area contributed by atoms with Crippen LogP contribution in [0.4, 0.5) is 10.1 Å². The smallest absolute Gasteiger partial charge is 0.164 e. The van der Waals surface area contributed by atoms with Gasteiger partial charge < -0.3 is 10.1 Å². The lowest BCUT2D eigenvalue weighted by molar-refractivity contribution is -0.130. The highest BCUT2D eigenvalue weighted by Gasteiger charge is 2.42. The molecule has 0 amide bonds. The Morgan fingerprint density at radius 3 is 2.94 bits per heavy atom. The first kappa shape index (κ1) is 12.2. The van der Waals surface area contributed by atoms with Crippen molar-refractivity contribution in [3.63, 3.8) is 0 Å². The molecule has 1 atom stereocenters. The Kier molecular flexibility index (Phi) is 3.20. The van der Waals surface area contributed by atoms with Crippen LogP contribution in [0.1, 0.15) is 32.1 Å². The van der Waals surface area contributed by atoms with Gasteiger partial charge in [0.05, 0.1) is 16.3 Å². The minimum Gasteiger partial charge on any atom is -0.380 e. The van der Waals surface area contributed by atoms with E-state index < -0.39 is 0 Å². The summed E-state index contributed by atoms with van der Waals surface area (Å²) < 4.78 is 19.7. The van der Waals surface area contributed by atoms with E-state index in [1.54, 1.807) is 18.2 Å². The minimum absolute atomic E-state index is 0.0744. The van der Waals surface area contributed by atoms with Crippen molar-refractivity contribution < 1.29 is 9.13 Å². The third-order valence-electron chi connectivity index (χ3n) is 4.07. The van der Waals surface area contributed by atoms with Gasteiger partial charge in [-0.15, -0.1) is 0 Å². The second kappa shape index (κ2) is 4.71. The molecule has 1 saturated carbocycles. The highest BCUT2D eigenvalue weighted by Crippen LogP contribution is 2.43. The van der Waals surface area contributed by atoms with Crippen LogP contribution in [0.3, 0.4) is 0 Å². The van der Waals surface area contributed by atoms with Crippen LogP contribution < -0.4 is 5.32 Å². The van der Waals surface area contributed by atoms with Crippen LogP contribution in [0.5, 0.6) is 0 Å². The molecule has 0 bridgehead atoms. The number of halogens is 2. The SMILES string of the molecule is Fc1c(Cl)cccc1NC1CCOC2(CCC2)C1. The molecule has 2 fully saturated rings. The molecule has 98 valence electrons. The Hall–Kier alpha value is -0.800. The van der Waals surface area contributed by atoms with E-state index in [-0.39, 0.29) is 22.5 Å². The maximum atomic E-state index is 13.8. The normalized spacial score (nSPS) is 25.8. The molecule has 1 aliphatic carbocycles. The second-order valence-corrected chi connectivity index (χ2v) is 5.73. The summed E-state index contributed by atoms with van der Waals surface area (Å²) in [6.07, 6.45) is 5.43. The monoisotopic (exact) mass is 269 g/mol. The average Bonchev–Trinajstić information content (AvgIpc) is 2.34. The predicted octanol–water partition coefficient (Wildman–Crippen LogP) is 3.99. The number of hydrogen-bond donors (Lipinski definition) is 1. The molecule has 1 spiro atoms. The van der Waals surface area contributed by atoms with Crippen LogP contribution in [-0.2, 0) is 4.74 Å². The molecule has 3 rings (SSSR count). The molecular weight excluding hydrogens is 253 g/mol. The predicted molar refractivity (Wildman–Crippen MR) is 70.6 cm³/mol. The van der Waals surface area contributed by atoms with Gasteiger partial charge in [0, 0.05) is 12.6 Å². The van der Waals surface area contributed by atoms with E-state index >= 15 is 0 Å². The lowest BCUT2D eigenvalue weighted by Gasteiger charge is -2.47. The largest absolute Gasteiger partial charge is 0.380 e. The summed E-state index contributed by atoms with van der Waals surface area (Å²) in [5.41, 5.74) is 0.578. The average molecular weight is 270 g/mol. The van der Waals surface area contributed by atoms with Gasteiger partial charge in [0.25, 0.3) is 0 Å². The Labute approximate surface area is 111 Å². The van der Waals surface area contributed by atoms with E-state index in [2.05, 4.69) is 5.32 Å². The van der Waals surface area contributed by atoms with E-state index in [4.69, 9.17) is 16.3 Å². The summed E-state index contributed by atoms with van der Waals surface area (Å²) in [5.74, 6) is -0.353. The van der Waals surface area contributed by atoms with Crippen molar-refractivity contribution in [2.45, 2.75) is 43.7 Å². The van der Waals surface area contributed by atoms with Crippen molar-refractivity contribution >= 4 is 17.3 Å². The molecule has 0 aromatic heterocycles. The van der Waals surface area contributed by atoms with Gasteiger partial charge in [-0.3, -0.25) is 0 Å². The molecule has 2 aliphatic rings. The Morgan fingerprint density at radius 1 is 1.39 bits per heavy atom. The zero-order valence-corrected chi connectivity index (χ0v) is 11.0. The van der Waals surface area contributed by atoms with Gasteiger partial charge >= 0.3 is 0 Å². The first-order valence-electron chi connectivity index (χ1n) is 6.53. The van der Waals surface area contributed by atoms with Crippen LogP contribution in [0.15, 0.2) is 18.2 Å². The van der Waals surface area contributed by atoms with Crippen molar-refractivity contribution in [1.29, 1.82) is 0 Å². The van der Waals surface area contributed by atoms with Gasteiger partial charge in [-0.1, -0.05) is 17.7 Å². The van der Waals surface area contributed by atoms with Gasteiger partial charge in [0.15, 0.2) is 5.82 Å². The molecule has 1 aromatic carbocycles. The Morgan fingerprint density at radius 2 is 2.22 bits per heavy atom. The molecule has 1 unspecified atom stereocenters. The molecule has 0 radical (unpaired) electrons. The summed E-state index contributed by atoms with van der Waals surface area (Å²) in [7, 11) is 0. The van der Waals surface area contributed by atoms with Crippen LogP contribution in [0.25, 0.3) is 0 Å². The molecule has 4 heteroatoms. The fourth-order valence-corrected chi connectivity index (χ4v) is 3.08. The van der Waals surface area contributed by atoms with Gasteiger partial charge in [-0.2, -0.15) is 0 Å². The Bertz CT molecular complexity index is 447. The maximum Gasteiger partial charge on any atom is 0.164 e. The third kappa shape index (κ3) is 2.21. The molecule has 1 saturated heterocycles. The molecule has 1 aromatic rings. The van der Waals surface area contributed by atoms with Gasteiger partial charge in [-0.25, -0.2) is 4.39 Å². The number of ether oxygens (including phenoxy) is 1. The lowest BCUT2D eigenvalue weighted by atomic mass is 9.74. The number of benzene rings is 1. The summed E-state index contributed by atoms with van der Waals surface area (Å²) in [6, 6.07) is 5.36.